The summed E-state index contributed by atoms with van der Waals surface area (Å²) in [5.41, 5.74) is 3.90. The molecule has 1 atom stereocenters. The smallest absolute Gasteiger partial charge is 0.0541 e. The Hall–Kier alpha value is -1.75. The second-order valence-corrected chi connectivity index (χ2v) is 6.11. The van der Waals surface area contributed by atoms with E-state index in [1.165, 1.54) is 17.5 Å². The van der Waals surface area contributed by atoms with E-state index < -0.39 is 0 Å². The fourth-order valence-electron chi connectivity index (χ4n) is 3.03. The molecule has 122 valence electrons. The molecule has 0 radical (unpaired) electrons. The second kappa shape index (κ2) is 8.77. The highest BCUT2D eigenvalue weighted by Crippen LogP contribution is 2.12. The Morgan fingerprint density at radius 2 is 1.87 bits per heavy atom. The number of benzene rings is 1. The minimum absolute atomic E-state index is 0.523. The zero-order valence-corrected chi connectivity index (χ0v) is 13.6. The summed E-state index contributed by atoms with van der Waals surface area (Å²) in [6.45, 7) is 4.97. The van der Waals surface area contributed by atoms with Gasteiger partial charge in [0.2, 0.25) is 0 Å². The lowest BCUT2D eigenvalue weighted by molar-refractivity contribution is 0.521. The van der Waals surface area contributed by atoms with Crippen molar-refractivity contribution >= 4 is 0 Å². The molecule has 0 saturated carbocycles. The molecular formula is C19H26N4. The molecule has 1 aliphatic rings. The van der Waals surface area contributed by atoms with Gasteiger partial charge in [-0.15, -0.1) is 0 Å². The fourth-order valence-corrected chi connectivity index (χ4v) is 3.03. The van der Waals surface area contributed by atoms with Gasteiger partial charge in [0.25, 0.3) is 0 Å². The molecule has 1 fully saturated rings. The van der Waals surface area contributed by atoms with Crippen molar-refractivity contribution in [3.63, 3.8) is 0 Å². The van der Waals surface area contributed by atoms with Crippen molar-refractivity contribution < 1.29 is 0 Å². The normalized spacial score (nSPS) is 18.5. The third-order valence-electron chi connectivity index (χ3n) is 4.29. The van der Waals surface area contributed by atoms with Gasteiger partial charge < -0.3 is 16.0 Å². The molecule has 1 saturated heterocycles. The van der Waals surface area contributed by atoms with Crippen LogP contribution in [0.2, 0.25) is 0 Å². The third kappa shape index (κ3) is 5.13. The summed E-state index contributed by atoms with van der Waals surface area (Å²) in [7, 11) is 0. The van der Waals surface area contributed by atoms with Crippen molar-refractivity contribution in [3.8, 4) is 0 Å². The Balaban J connectivity index is 1.56. The number of aromatic nitrogens is 1. The summed E-state index contributed by atoms with van der Waals surface area (Å²) in [5.74, 6) is 0. The number of nitrogens with zero attached hydrogens (tertiary/aromatic N) is 1. The molecule has 0 bridgehead atoms. The summed E-state index contributed by atoms with van der Waals surface area (Å²) in [6, 6.07) is 15.3. The zero-order chi connectivity index (χ0) is 15.7. The topological polar surface area (TPSA) is 49.0 Å². The van der Waals surface area contributed by atoms with Gasteiger partial charge >= 0.3 is 0 Å². The summed E-state index contributed by atoms with van der Waals surface area (Å²) < 4.78 is 0. The van der Waals surface area contributed by atoms with Crippen LogP contribution in [0.1, 0.15) is 23.2 Å². The van der Waals surface area contributed by atoms with Gasteiger partial charge in [0, 0.05) is 31.9 Å². The minimum Gasteiger partial charge on any atom is -0.315 e. The van der Waals surface area contributed by atoms with E-state index >= 15 is 0 Å². The molecule has 0 aliphatic carbocycles. The van der Waals surface area contributed by atoms with E-state index in [1.807, 2.05) is 18.3 Å². The Morgan fingerprint density at radius 1 is 1.00 bits per heavy atom. The molecule has 23 heavy (non-hydrogen) atoms. The van der Waals surface area contributed by atoms with Gasteiger partial charge in [-0.05, 0) is 49.2 Å². The molecule has 1 unspecified atom stereocenters. The molecule has 4 nitrogen and oxygen atoms in total. The van der Waals surface area contributed by atoms with Gasteiger partial charge in [-0.3, -0.25) is 4.98 Å². The number of hydrogen-bond donors (Lipinski definition) is 3. The van der Waals surface area contributed by atoms with E-state index in [1.54, 1.807) is 0 Å². The molecule has 0 amide bonds. The van der Waals surface area contributed by atoms with Gasteiger partial charge in [0.15, 0.2) is 0 Å². The van der Waals surface area contributed by atoms with Crippen molar-refractivity contribution in [1.29, 1.82) is 0 Å². The first-order chi connectivity index (χ1) is 11.4. The average molecular weight is 310 g/mol. The maximum Gasteiger partial charge on any atom is 0.0541 e. The highest BCUT2D eigenvalue weighted by Gasteiger charge is 2.13. The van der Waals surface area contributed by atoms with Crippen molar-refractivity contribution in [2.45, 2.75) is 32.0 Å². The summed E-state index contributed by atoms with van der Waals surface area (Å²) in [5, 5.41) is 10.7. The Kier molecular flexibility index (Phi) is 6.15. The lowest BCUT2D eigenvalue weighted by Gasteiger charge is -2.18. The van der Waals surface area contributed by atoms with Crippen molar-refractivity contribution in [2.24, 2.45) is 0 Å². The van der Waals surface area contributed by atoms with E-state index in [-0.39, 0.29) is 0 Å². The second-order valence-electron chi connectivity index (χ2n) is 6.11. The van der Waals surface area contributed by atoms with Crippen LogP contribution < -0.4 is 16.0 Å². The predicted octanol–water partition coefficient (Wildman–Crippen LogP) is 1.87. The van der Waals surface area contributed by atoms with Crippen LogP contribution in [0.3, 0.4) is 0 Å². The Labute approximate surface area is 138 Å². The van der Waals surface area contributed by atoms with Crippen molar-refractivity contribution in [1.82, 2.24) is 20.9 Å². The summed E-state index contributed by atoms with van der Waals surface area (Å²) in [4.78, 5) is 4.36. The lowest BCUT2D eigenvalue weighted by atomic mass is 10.00. The summed E-state index contributed by atoms with van der Waals surface area (Å²) >= 11 is 0. The molecule has 1 aromatic carbocycles. The first kappa shape index (κ1) is 16.1. The highest BCUT2D eigenvalue weighted by atomic mass is 15.0. The zero-order valence-electron chi connectivity index (χ0n) is 13.6. The molecule has 0 spiro atoms. The van der Waals surface area contributed by atoms with Crippen molar-refractivity contribution in [3.05, 3.63) is 65.5 Å². The largest absolute Gasteiger partial charge is 0.315 e. The maximum absolute atomic E-state index is 4.36. The molecule has 3 N–H and O–H groups in total. The van der Waals surface area contributed by atoms with Gasteiger partial charge in [-0.2, -0.15) is 0 Å². The number of rotatable bonds is 6. The van der Waals surface area contributed by atoms with E-state index in [2.05, 4.69) is 51.3 Å². The van der Waals surface area contributed by atoms with E-state index in [9.17, 15) is 0 Å². The van der Waals surface area contributed by atoms with Gasteiger partial charge in [0.05, 0.1) is 5.69 Å². The van der Waals surface area contributed by atoms with Crippen LogP contribution in [0.15, 0.2) is 48.7 Å². The van der Waals surface area contributed by atoms with Crippen LogP contribution in [-0.4, -0.2) is 30.7 Å². The Morgan fingerprint density at radius 3 is 2.74 bits per heavy atom. The van der Waals surface area contributed by atoms with Gasteiger partial charge in [-0.25, -0.2) is 0 Å². The molecular weight excluding hydrogens is 284 g/mol. The van der Waals surface area contributed by atoms with E-state index in [0.717, 1.165) is 44.8 Å². The van der Waals surface area contributed by atoms with E-state index in [0.29, 0.717) is 6.04 Å². The number of hydrogen-bond acceptors (Lipinski definition) is 4. The van der Waals surface area contributed by atoms with Crippen molar-refractivity contribution in [2.75, 3.05) is 19.6 Å². The first-order valence-corrected chi connectivity index (χ1v) is 8.53. The monoisotopic (exact) mass is 310 g/mol. The third-order valence-corrected chi connectivity index (χ3v) is 4.29. The average Bonchev–Trinajstić information content (AvgIpc) is 2.86. The van der Waals surface area contributed by atoms with Gasteiger partial charge in [-0.1, -0.05) is 30.3 Å². The Bertz CT molecular complexity index is 577. The first-order valence-electron chi connectivity index (χ1n) is 8.53. The predicted molar refractivity (Wildman–Crippen MR) is 94.2 cm³/mol. The molecule has 3 rings (SSSR count). The maximum atomic E-state index is 4.36. The molecule has 1 aliphatic heterocycles. The highest BCUT2D eigenvalue weighted by molar-refractivity contribution is 5.28. The van der Waals surface area contributed by atoms with E-state index in [4.69, 9.17) is 0 Å². The molecule has 4 heteroatoms. The van der Waals surface area contributed by atoms with Crippen LogP contribution in [0.4, 0.5) is 0 Å². The standard InChI is InChI=1S/C19H26N4/c1-2-7-17(13-21-14-18-8-3-4-10-22-18)16(6-1)12-19-15-20-9-5-11-23-19/h1-4,6-8,10,19-21,23H,5,9,11-15H2. The quantitative estimate of drug-likeness (QED) is 0.762. The van der Waals surface area contributed by atoms with Crippen LogP contribution in [0.25, 0.3) is 0 Å². The molecule has 2 heterocycles. The summed E-state index contributed by atoms with van der Waals surface area (Å²) in [6.07, 6.45) is 4.13. The fraction of sp³-hybridized carbons (Fsp3) is 0.421. The SMILES string of the molecule is c1ccc(CNCc2ccccc2CC2CNCCCN2)nc1. The number of pyridine rings is 1. The number of nitrogens with one attached hydrogen (secondary N) is 3. The van der Waals surface area contributed by atoms with Crippen LogP contribution in [0.5, 0.6) is 0 Å². The molecule has 1 aromatic heterocycles. The van der Waals surface area contributed by atoms with Crippen LogP contribution >= 0.6 is 0 Å². The molecule has 2 aromatic rings. The minimum atomic E-state index is 0.523. The van der Waals surface area contributed by atoms with Crippen LogP contribution in [0, 0.1) is 0 Å². The van der Waals surface area contributed by atoms with Gasteiger partial charge in [0.1, 0.15) is 0 Å². The lowest BCUT2D eigenvalue weighted by Crippen LogP contribution is -2.37. The van der Waals surface area contributed by atoms with Crippen LogP contribution in [-0.2, 0) is 19.5 Å².